The second kappa shape index (κ2) is 5.87. The highest BCUT2D eigenvalue weighted by Crippen LogP contribution is 2.21. The Balaban J connectivity index is 1.59. The van der Waals surface area contributed by atoms with E-state index in [0.717, 1.165) is 19.4 Å². The Labute approximate surface area is 122 Å². The zero-order chi connectivity index (χ0) is 13.9. The molecule has 2 amide bonds. The Hall–Kier alpha value is -1.50. The third kappa shape index (κ3) is 2.82. The fourth-order valence-electron chi connectivity index (χ4n) is 2.70. The molecule has 2 aliphatic heterocycles. The van der Waals surface area contributed by atoms with Crippen LogP contribution in [0.3, 0.4) is 0 Å². The minimum Gasteiger partial charge on any atom is -0.339 e. The average Bonchev–Trinajstić information content (AvgIpc) is 3.12. The van der Waals surface area contributed by atoms with Gasteiger partial charge in [0.15, 0.2) is 0 Å². The largest absolute Gasteiger partial charge is 0.339 e. The predicted octanol–water partition coefficient (Wildman–Crippen LogP) is 0.579. The van der Waals surface area contributed by atoms with Crippen LogP contribution >= 0.6 is 11.8 Å². The van der Waals surface area contributed by atoms with E-state index >= 15 is 0 Å². The molecule has 2 saturated heterocycles. The van der Waals surface area contributed by atoms with Crippen LogP contribution in [0.25, 0.3) is 0 Å². The van der Waals surface area contributed by atoms with E-state index in [0.29, 0.717) is 18.2 Å². The molecule has 2 aliphatic rings. The first-order chi connectivity index (χ1) is 9.74. The number of amides is 2. The maximum Gasteiger partial charge on any atom is 0.242 e. The number of hydrogen-bond donors (Lipinski definition) is 0. The van der Waals surface area contributed by atoms with Crippen LogP contribution in [0.4, 0.5) is 0 Å². The molecule has 0 aliphatic carbocycles. The standard InChI is InChI=1S/C13H18N4O2S/c18-12(8-16-10-20-9-13(16)19)15-5-1-3-11(7-15)17-6-2-4-14-17/h2,4,6,11H,1,3,5,7-10H2. The Morgan fingerprint density at radius 3 is 3.10 bits per heavy atom. The Bertz CT molecular complexity index is 491. The van der Waals surface area contributed by atoms with Crippen molar-refractivity contribution in [3.8, 4) is 0 Å². The molecule has 2 fully saturated rings. The van der Waals surface area contributed by atoms with Crippen molar-refractivity contribution < 1.29 is 9.59 Å². The molecule has 108 valence electrons. The molecule has 1 unspecified atom stereocenters. The minimum atomic E-state index is 0.0534. The summed E-state index contributed by atoms with van der Waals surface area (Å²) in [5.41, 5.74) is 0. The normalized spacial score (nSPS) is 23.4. The molecule has 0 saturated carbocycles. The Morgan fingerprint density at radius 2 is 2.40 bits per heavy atom. The summed E-state index contributed by atoms with van der Waals surface area (Å²) in [4.78, 5) is 27.4. The van der Waals surface area contributed by atoms with E-state index in [1.54, 1.807) is 22.9 Å². The van der Waals surface area contributed by atoms with Crippen LogP contribution in [0.15, 0.2) is 18.5 Å². The summed E-state index contributed by atoms with van der Waals surface area (Å²) < 4.78 is 1.93. The first-order valence-electron chi connectivity index (χ1n) is 6.86. The molecule has 20 heavy (non-hydrogen) atoms. The minimum absolute atomic E-state index is 0.0534. The third-order valence-electron chi connectivity index (χ3n) is 3.80. The Morgan fingerprint density at radius 1 is 1.50 bits per heavy atom. The predicted molar refractivity (Wildman–Crippen MR) is 76.1 cm³/mol. The topological polar surface area (TPSA) is 58.4 Å². The molecule has 0 N–H and O–H groups in total. The first kappa shape index (κ1) is 13.5. The molecular formula is C13H18N4O2S. The summed E-state index contributed by atoms with van der Waals surface area (Å²) in [5, 5.41) is 4.26. The van der Waals surface area contributed by atoms with Crippen molar-refractivity contribution in [2.24, 2.45) is 0 Å². The molecule has 1 aromatic heterocycles. The molecule has 3 rings (SSSR count). The van der Waals surface area contributed by atoms with Gasteiger partial charge in [-0.05, 0) is 18.9 Å². The zero-order valence-corrected chi connectivity index (χ0v) is 12.1. The summed E-state index contributed by atoms with van der Waals surface area (Å²) in [6.45, 7) is 1.69. The van der Waals surface area contributed by atoms with Crippen molar-refractivity contribution in [1.82, 2.24) is 19.6 Å². The number of rotatable bonds is 3. The highest BCUT2D eigenvalue weighted by Gasteiger charge is 2.28. The summed E-state index contributed by atoms with van der Waals surface area (Å²) >= 11 is 1.57. The van der Waals surface area contributed by atoms with Crippen LogP contribution in [0.5, 0.6) is 0 Å². The van der Waals surface area contributed by atoms with Crippen molar-refractivity contribution in [1.29, 1.82) is 0 Å². The van der Waals surface area contributed by atoms with E-state index in [1.165, 1.54) is 0 Å². The fourth-order valence-corrected chi connectivity index (χ4v) is 3.60. The van der Waals surface area contributed by atoms with Gasteiger partial charge in [0, 0.05) is 25.5 Å². The van der Waals surface area contributed by atoms with E-state index in [-0.39, 0.29) is 24.4 Å². The van der Waals surface area contributed by atoms with Gasteiger partial charge in [0.2, 0.25) is 11.8 Å². The molecule has 6 nitrogen and oxygen atoms in total. The van der Waals surface area contributed by atoms with Crippen molar-refractivity contribution in [3.05, 3.63) is 18.5 Å². The number of thioether (sulfide) groups is 1. The average molecular weight is 294 g/mol. The number of hydrogen-bond acceptors (Lipinski definition) is 4. The summed E-state index contributed by atoms with van der Waals surface area (Å²) in [5.74, 6) is 1.27. The van der Waals surface area contributed by atoms with E-state index in [1.807, 2.05) is 21.8 Å². The lowest BCUT2D eigenvalue weighted by Crippen LogP contribution is -2.46. The highest BCUT2D eigenvalue weighted by molar-refractivity contribution is 8.00. The monoisotopic (exact) mass is 294 g/mol. The number of nitrogens with zero attached hydrogens (tertiary/aromatic N) is 4. The van der Waals surface area contributed by atoms with Crippen molar-refractivity contribution >= 4 is 23.6 Å². The fraction of sp³-hybridized carbons (Fsp3) is 0.615. The summed E-state index contributed by atoms with van der Waals surface area (Å²) in [6, 6.07) is 2.16. The van der Waals surface area contributed by atoms with Gasteiger partial charge in [-0.2, -0.15) is 5.10 Å². The first-order valence-corrected chi connectivity index (χ1v) is 8.02. The van der Waals surface area contributed by atoms with Gasteiger partial charge in [0.05, 0.1) is 17.7 Å². The maximum atomic E-state index is 12.3. The zero-order valence-electron chi connectivity index (χ0n) is 11.3. The van der Waals surface area contributed by atoms with Crippen LogP contribution < -0.4 is 0 Å². The number of carbonyl (C=O) groups is 2. The lowest BCUT2D eigenvalue weighted by Gasteiger charge is -2.33. The SMILES string of the molecule is O=C1CSCN1CC(=O)N1CCCC(n2cccn2)C1. The van der Waals surface area contributed by atoms with E-state index in [4.69, 9.17) is 0 Å². The van der Waals surface area contributed by atoms with Crippen LogP contribution in [0.2, 0.25) is 0 Å². The van der Waals surface area contributed by atoms with Crippen molar-refractivity contribution in [3.63, 3.8) is 0 Å². The Kier molecular flexibility index (Phi) is 3.95. The molecule has 0 aromatic carbocycles. The van der Waals surface area contributed by atoms with Gasteiger partial charge in [0.25, 0.3) is 0 Å². The summed E-state index contributed by atoms with van der Waals surface area (Å²) in [6.07, 6.45) is 5.74. The lowest BCUT2D eigenvalue weighted by atomic mass is 10.1. The quantitative estimate of drug-likeness (QED) is 0.818. The van der Waals surface area contributed by atoms with Gasteiger partial charge in [0.1, 0.15) is 6.54 Å². The van der Waals surface area contributed by atoms with Crippen molar-refractivity contribution in [2.75, 3.05) is 31.3 Å². The van der Waals surface area contributed by atoms with Gasteiger partial charge < -0.3 is 9.80 Å². The molecule has 3 heterocycles. The second-order valence-corrected chi connectivity index (χ2v) is 6.15. The van der Waals surface area contributed by atoms with Crippen LogP contribution in [0.1, 0.15) is 18.9 Å². The molecule has 0 spiro atoms. The molecule has 0 radical (unpaired) electrons. The smallest absolute Gasteiger partial charge is 0.242 e. The van der Waals surface area contributed by atoms with E-state index < -0.39 is 0 Å². The third-order valence-corrected chi connectivity index (χ3v) is 4.75. The van der Waals surface area contributed by atoms with Crippen LogP contribution in [-0.4, -0.2) is 62.7 Å². The lowest BCUT2D eigenvalue weighted by molar-refractivity contribution is -0.139. The van der Waals surface area contributed by atoms with E-state index in [2.05, 4.69) is 5.10 Å². The molecular weight excluding hydrogens is 276 g/mol. The molecule has 7 heteroatoms. The van der Waals surface area contributed by atoms with E-state index in [9.17, 15) is 9.59 Å². The van der Waals surface area contributed by atoms with Crippen LogP contribution in [-0.2, 0) is 9.59 Å². The second-order valence-electron chi connectivity index (χ2n) is 5.19. The van der Waals surface area contributed by atoms with Gasteiger partial charge in [-0.1, -0.05) is 0 Å². The maximum absolute atomic E-state index is 12.3. The van der Waals surface area contributed by atoms with Gasteiger partial charge >= 0.3 is 0 Å². The van der Waals surface area contributed by atoms with Gasteiger partial charge in [-0.15, -0.1) is 11.8 Å². The van der Waals surface area contributed by atoms with Crippen LogP contribution in [0, 0.1) is 0 Å². The number of carbonyl (C=O) groups excluding carboxylic acids is 2. The molecule has 1 aromatic rings. The highest BCUT2D eigenvalue weighted by atomic mass is 32.2. The molecule has 0 bridgehead atoms. The van der Waals surface area contributed by atoms with Crippen molar-refractivity contribution in [2.45, 2.75) is 18.9 Å². The number of piperidine rings is 1. The number of likely N-dealkylation sites (tertiary alicyclic amines) is 1. The van der Waals surface area contributed by atoms with Gasteiger partial charge in [-0.25, -0.2) is 0 Å². The van der Waals surface area contributed by atoms with Gasteiger partial charge in [-0.3, -0.25) is 14.3 Å². The number of aromatic nitrogens is 2. The molecule has 1 atom stereocenters. The summed E-state index contributed by atoms with van der Waals surface area (Å²) in [7, 11) is 0.